The summed E-state index contributed by atoms with van der Waals surface area (Å²) in [5.74, 6) is -0.847. The predicted molar refractivity (Wildman–Crippen MR) is 70.2 cm³/mol. The lowest BCUT2D eigenvalue weighted by atomic mass is 9.93. The number of anilines is 1. The third-order valence-electron chi connectivity index (χ3n) is 3.52. The molecule has 0 heterocycles. The molecule has 1 aliphatic carbocycles. The van der Waals surface area contributed by atoms with Gasteiger partial charge in [0.25, 0.3) is 5.69 Å². The van der Waals surface area contributed by atoms with Crippen LogP contribution in [0.3, 0.4) is 0 Å². The van der Waals surface area contributed by atoms with Crippen molar-refractivity contribution in [1.29, 1.82) is 0 Å². The Morgan fingerprint density at radius 1 is 1.42 bits per heavy atom. The van der Waals surface area contributed by atoms with Gasteiger partial charge in [-0.05, 0) is 18.9 Å². The number of nitro benzene ring substituents is 1. The van der Waals surface area contributed by atoms with E-state index in [1.54, 1.807) is 12.1 Å². The summed E-state index contributed by atoms with van der Waals surface area (Å²) in [6.45, 7) is 0. The van der Waals surface area contributed by atoms with Gasteiger partial charge >= 0.3 is 5.97 Å². The fourth-order valence-corrected chi connectivity index (χ4v) is 2.69. The zero-order chi connectivity index (χ0) is 13.9. The van der Waals surface area contributed by atoms with Crippen LogP contribution in [0.2, 0.25) is 0 Å². The third kappa shape index (κ3) is 3.21. The van der Waals surface area contributed by atoms with Crippen LogP contribution in [0.1, 0.15) is 32.1 Å². The van der Waals surface area contributed by atoms with Gasteiger partial charge in [0.2, 0.25) is 0 Å². The number of non-ortho nitro benzene ring substituents is 1. The topological polar surface area (TPSA) is 92.5 Å². The summed E-state index contributed by atoms with van der Waals surface area (Å²) < 4.78 is 0. The first-order valence-electron chi connectivity index (χ1n) is 6.25. The SMILES string of the molecule is O=C(O)CC1(Nc2cccc([N+](=O)[O-])c2)CCCC1. The number of rotatable bonds is 5. The Morgan fingerprint density at radius 2 is 2.11 bits per heavy atom. The van der Waals surface area contributed by atoms with Crippen LogP contribution in [-0.4, -0.2) is 21.5 Å². The van der Waals surface area contributed by atoms with E-state index in [0.29, 0.717) is 5.69 Å². The van der Waals surface area contributed by atoms with E-state index in [1.165, 1.54) is 12.1 Å². The van der Waals surface area contributed by atoms with Gasteiger partial charge in [0.05, 0.1) is 11.3 Å². The van der Waals surface area contributed by atoms with Crippen LogP contribution < -0.4 is 5.32 Å². The monoisotopic (exact) mass is 264 g/mol. The van der Waals surface area contributed by atoms with Gasteiger partial charge in [-0.25, -0.2) is 0 Å². The van der Waals surface area contributed by atoms with Gasteiger partial charge in [-0.15, -0.1) is 0 Å². The van der Waals surface area contributed by atoms with Gasteiger partial charge < -0.3 is 10.4 Å². The largest absolute Gasteiger partial charge is 0.481 e. The van der Waals surface area contributed by atoms with Crippen molar-refractivity contribution in [1.82, 2.24) is 0 Å². The van der Waals surface area contributed by atoms with Crippen LogP contribution >= 0.6 is 0 Å². The quantitative estimate of drug-likeness (QED) is 0.630. The van der Waals surface area contributed by atoms with Crippen LogP contribution in [0.4, 0.5) is 11.4 Å². The lowest BCUT2D eigenvalue weighted by Gasteiger charge is -2.29. The number of benzene rings is 1. The molecule has 2 N–H and O–H groups in total. The molecule has 0 aliphatic heterocycles. The summed E-state index contributed by atoms with van der Waals surface area (Å²) in [5.41, 5.74) is 0.145. The first kappa shape index (κ1) is 13.3. The molecular formula is C13H16N2O4. The maximum atomic E-state index is 11.0. The van der Waals surface area contributed by atoms with E-state index in [-0.39, 0.29) is 12.1 Å². The molecule has 2 rings (SSSR count). The lowest BCUT2D eigenvalue weighted by Crippen LogP contribution is -2.37. The second-order valence-corrected chi connectivity index (χ2v) is 4.99. The van der Waals surface area contributed by atoms with Crippen molar-refractivity contribution < 1.29 is 14.8 Å². The maximum absolute atomic E-state index is 11.0. The highest BCUT2D eigenvalue weighted by Crippen LogP contribution is 2.36. The number of hydrogen-bond acceptors (Lipinski definition) is 4. The number of hydrogen-bond donors (Lipinski definition) is 2. The number of carboxylic acids is 1. The molecule has 0 amide bonds. The number of carboxylic acid groups (broad SMARTS) is 1. The molecule has 0 aromatic heterocycles. The van der Waals surface area contributed by atoms with Gasteiger partial charge in [-0.1, -0.05) is 18.9 Å². The smallest absolute Gasteiger partial charge is 0.305 e. The summed E-state index contributed by atoms with van der Waals surface area (Å²) in [7, 11) is 0. The number of carbonyl (C=O) groups is 1. The molecule has 0 atom stereocenters. The first-order chi connectivity index (χ1) is 9.01. The van der Waals surface area contributed by atoms with Crippen LogP contribution in [0.25, 0.3) is 0 Å². The summed E-state index contributed by atoms with van der Waals surface area (Å²) in [6.07, 6.45) is 3.56. The summed E-state index contributed by atoms with van der Waals surface area (Å²) in [5, 5.41) is 22.9. The van der Waals surface area contributed by atoms with E-state index in [2.05, 4.69) is 5.32 Å². The second kappa shape index (κ2) is 5.26. The van der Waals surface area contributed by atoms with E-state index in [4.69, 9.17) is 5.11 Å². The van der Waals surface area contributed by atoms with E-state index >= 15 is 0 Å². The van der Waals surface area contributed by atoms with Crippen molar-refractivity contribution in [2.75, 3.05) is 5.32 Å². The van der Waals surface area contributed by atoms with E-state index in [9.17, 15) is 14.9 Å². The van der Waals surface area contributed by atoms with Gasteiger partial charge in [0.1, 0.15) is 0 Å². The molecule has 1 saturated carbocycles. The molecule has 0 spiro atoms. The third-order valence-corrected chi connectivity index (χ3v) is 3.52. The van der Waals surface area contributed by atoms with Crippen molar-refractivity contribution >= 4 is 17.3 Å². The van der Waals surface area contributed by atoms with E-state index in [0.717, 1.165) is 25.7 Å². The summed E-state index contributed by atoms with van der Waals surface area (Å²) >= 11 is 0. The maximum Gasteiger partial charge on any atom is 0.305 e. The molecule has 19 heavy (non-hydrogen) atoms. The zero-order valence-corrected chi connectivity index (χ0v) is 10.5. The highest BCUT2D eigenvalue weighted by atomic mass is 16.6. The fourth-order valence-electron chi connectivity index (χ4n) is 2.69. The number of nitro groups is 1. The molecule has 0 unspecified atom stereocenters. The van der Waals surface area contributed by atoms with E-state index in [1.807, 2.05) is 0 Å². The molecule has 6 heteroatoms. The van der Waals surface area contributed by atoms with Crippen molar-refractivity contribution in [3.05, 3.63) is 34.4 Å². The van der Waals surface area contributed by atoms with Gasteiger partial charge in [0, 0.05) is 23.4 Å². The van der Waals surface area contributed by atoms with Gasteiger partial charge in [-0.2, -0.15) is 0 Å². The molecule has 6 nitrogen and oxygen atoms in total. The Labute approximate surface area is 110 Å². The zero-order valence-electron chi connectivity index (χ0n) is 10.5. The molecule has 102 valence electrons. The van der Waals surface area contributed by atoms with Crippen LogP contribution in [-0.2, 0) is 4.79 Å². The summed E-state index contributed by atoms with van der Waals surface area (Å²) in [6, 6.07) is 6.20. The second-order valence-electron chi connectivity index (χ2n) is 4.99. The average molecular weight is 264 g/mol. The number of nitrogens with zero attached hydrogens (tertiary/aromatic N) is 1. The predicted octanol–water partition coefficient (Wildman–Crippen LogP) is 2.79. The average Bonchev–Trinajstić information content (AvgIpc) is 2.76. The Kier molecular flexibility index (Phi) is 3.69. The standard InChI is InChI=1S/C13H16N2O4/c16-12(17)9-13(6-1-2-7-13)14-10-4-3-5-11(8-10)15(18)19/h3-5,8,14H,1-2,6-7,9H2,(H,16,17). The first-order valence-corrected chi connectivity index (χ1v) is 6.25. The molecule has 0 radical (unpaired) electrons. The minimum atomic E-state index is -0.847. The van der Waals surface area contributed by atoms with E-state index < -0.39 is 16.4 Å². The van der Waals surface area contributed by atoms with Crippen molar-refractivity contribution in [3.63, 3.8) is 0 Å². The molecule has 0 saturated heterocycles. The molecule has 1 aliphatic rings. The fraction of sp³-hybridized carbons (Fsp3) is 0.462. The van der Waals surface area contributed by atoms with Crippen molar-refractivity contribution in [2.45, 2.75) is 37.6 Å². The van der Waals surface area contributed by atoms with Crippen LogP contribution in [0.15, 0.2) is 24.3 Å². The van der Waals surface area contributed by atoms with Crippen molar-refractivity contribution in [3.8, 4) is 0 Å². The molecule has 0 bridgehead atoms. The molecular weight excluding hydrogens is 248 g/mol. The Hall–Kier alpha value is -2.11. The Morgan fingerprint density at radius 3 is 2.68 bits per heavy atom. The normalized spacial score (nSPS) is 17.1. The van der Waals surface area contributed by atoms with Crippen molar-refractivity contribution in [2.24, 2.45) is 0 Å². The van der Waals surface area contributed by atoms with Gasteiger partial charge in [0.15, 0.2) is 0 Å². The number of nitrogens with one attached hydrogen (secondary N) is 1. The van der Waals surface area contributed by atoms with Gasteiger partial charge in [-0.3, -0.25) is 14.9 Å². The lowest BCUT2D eigenvalue weighted by molar-refractivity contribution is -0.384. The Balaban J connectivity index is 2.19. The molecule has 1 fully saturated rings. The van der Waals surface area contributed by atoms with Crippen LogP contribution in [0.5, 0.6) is 0 Å². The van der Waals surface area contributed by atoms with Crippen LogP contribution in [0, 0.1) is 10.1 Å². The highest BCUT2D eigenvalue weighted by molar-refractivity contribution is 5.70. The number of aliphatic carboxylic acids is 1. The minimum absolute atomic E-state index is 0.00784. The Bertz CT molecular complexity index is 495. The molecule has 1 aromatic rings. The summed E-state index contributed by atoms with van der Waals surface area (Å²) in [4.78, 5) is 21.3. The highest BCUT2D eigenvalue weighted by Gasteiger charge is 2.36. The minimum Gasteiger partial charge on any atom is -0.481 e. The molecule has 1 aromatic carbocycles.